The number of ether oxygens (including phenoxy) is 1. The number of rotatable bonds is 5. The standard InChI is InChI=1S/C23H24ClN3O2/c24-20-7-9-21(10-8-20)26-23(28)25-14-22-16-27(11-12-29-22)15-17-5-6-18-3-1-2-4-19(18)13-17/h1-10,13,22H,11-12,14-16H2,(H2,25,26,28). The Morgan fingerprint density at radius 3 is 2.69 bits per heavy atom. The van der Waals surface area contributed by atoms with E-state index >= 15 is 0 Å². The Morgan fingerprint density at radius 1 is 1.07 bits per heavy atom. The van der Waals surface area contributed by atoms with Gasteiger partial charge in [0.25, 0.3) is 0 Å². The summed E-state index contributed by atoms with van der Waals surface area (Å²) < 4.78 is 5.83. The maximum atomic E-state index is 12.1. The highest BCUT2D eigenvalue weighted by Crippen LogP contribution is 2.18. The Kier molecular flexibility index (Phi) is 6.30. The van der Waals surface area contributed by atoms with Gasteiger partial charge in [0.1, 0.15) is 0 Å². The van der Waals surface area contributed by atoms with Gasteiger partial charge in [0.05, 0.1) is 12.7 Å². The van der Waals surface area contributed by atoms with E-state index in [2.05, 4.69) is 58.0 Å². The Bertz CT molecular complexity index is 977. The van der Waals surface area contributed by atoms with Crippen molar-refractivity contribution < 1.29 is 9.53 Å². The summed E-state index contributed by atoms with van der Waals surface area (Å²) in [5, 5.41) is 8.84. The lowest BCUT2D eigenvalue weighted by atomic mass is 10.1. The average Bonchev–Trinajstić information content (AvgIpc) is 2.74. The number of hydrogen-bond donors (Lipinski definition) is 2. The number of urea groups is 1. The first-order valence-electron chi connectivity index (χ1n) is 9.78. The summed E-state index contributed by atoms with van der Waals surface area (Å²) in [4.78, 5) is 14.5. The van der Waals surface area contributed by atoms with Crippen LogP contribution in [0.2, 0.25) is 5.02 Å². The molecule has 6 heteroatoms. The first kappa shape index (κ1) is 19.7. The average molecular weight is 410 g/mol. The van der Waals surface area contributed by atoms with Crippen molar-refractivity contribution in [2.24, 2.45) is 0 Å². The van der Waals surface area contributed by atoms with Gasteiger partial charge in [-0.25, -0.2) is 4.79 Å². The molecular weight excluding hydrogens is 386 g/mol. The van der Waals surface area contributed by atoms with E-state index in [1.807, 2.05) is 0 Å². The second-order valence-electron chi connectivity index (χ2n) is 7.25. The van der Waals surface area contributed by atoms with Gasteiger partial charge >= 0.3 is 6.03 Å². The van der Waals surface area contributed by atoms with Crippen molar-refractivity contribution in [2.45, 2.75) is 12.6 Å². The number of amides is 2. The molecule has 150 valence electrons. The molecule has 3 aromatic carbocycles. The van der Waals surface area contributed by atoms with E-state index in [0.717, 1.165) is 19.6 Å². The van der Waals surface area contributed by atoms with Crippen LogP contribution in [0.15, 0.2) is 66.7 Å². The van der Waals surface area contributed by atoms with Crippen LogP contribution in [0.1, 0.15) is 5.56 Å². The van der Waals surface area contributed by atoms with Gasteiger partial charge < -0.3 is 15.4 Å². The van der Waals surface area contributed by atoms with Crippen molar-refractivity contribution in [1.29, 1.82) is 0 Å². The van der Waals surface area contributed by atoms with Crippen LogP contribution >= 0.6 is 11.6 Å². The molecule has 0 aliphatic carbocycles. The lowest BCUT2D eigenvalue weighted by Gasteiger charge is -2.33. The second-order valence-corrected chi connectivity index (χ2v) is 7.69. The molecule has 1 aliphatic rings. The molecule has 1 unspecified atom stereocenters. The summed E-state index contributed by atoms with van der Waals surface area (Å²) in [5.41, 5.74) is 1.99. The van der Waals surface area contributed by atoms with Crippen LogP contribution in [-0.2, 0) is 11.3 Å². The molecule has 1 atom stereocenters. The molecule has 0 aromatic heterocycles. The number of halogens is 1. The van der Waals surface area contributed by atoms with Crippen molar-refractivity contribution >= 4 is 34.1 Å². The molecule has 5 nitrogen and oxygen atoms in total. The zero-order valence-electron chi connectivity index (χ0n) is 16.1. The van der Waals surface area contributed by atoms with E-state index in [4.69, 9.17) is 16.3 Å². The SMILES string of the molecule is O=C(NCC1CN(Cc2ccc3ccccc3c2)CCO1)Nc1ccc(Cl)cc1. The molecule has 0 radical (unpaired) electrons. The first-order valence-corrected chi connectivity index (χ1v) is 10.2. The zero-order chi connectivity index (χ0) is 20.1. The van der Waals surface area contributed by atoms with Gasteiger partial charge in [0.15, 0.2) is 0 Å². The Balaban J connectivity index is 1.27. The monoisotopic (exact) mass is 409 g/mol. The minimum absolute atomic E-state index is 0.0276. The van der Waals surface area contributed by atoms with Gasteiger partial charge in [-0.1, -0.05) is 48.0 Å². The van der Waals surface area contributed by atoms with Crippen LogP contribution in [0.4, 0.5) is 10.5 Å². The van der Waals surface area contributed by atoms with Gasteiger partial charge in [-0.2, -0.15) is 0 Å². The van der Waals surface area contributed by atoms with Crippen molar-refractivity contribution in [2.75, 3.05) is 31.6 Å². The molecule has 1 saturated heterocycles. The van der Waals surface area contributed by atoms with E-state index in [1.54, 1.807) is 24.3 Å². The van der Waals surface area contributed by atoms with Crippen molar-refractivity contribution in [3.8, 4) is 0 Å². The highest BCUT2D eigenvalue weighted by atomic mass is 35.5. The maximum absolute atomic E-state index is 12.1. The van der Waals surface area contributed by atoms with Gasteiger partial charge in [-0.15, -0.1) is 0 Å². The highest BCUT2D eigenvalue weighted by Gasteiger charge is 2.21. The normalized spacial score (nSPS) is 17.2. The number of fused-ring (bicyclic) bond motifs is 1. The number of hydrogen-bond acceptors (Lipinski definition) is 3. The predicted molar refractivity (Wildman–Crippen MR) is 117 cm³/mol. The van der Waals surface area contributed by atoms with E-state index in [-0.39, 0.29) is 12.1 Å². The summed E-state index contributed by atoms with van der Waals surface area (Å²) in [6.07, 6.45) is -0.0276. The van der Waals surface area contributed by atoms with Crippen LogP contribution < -0.4 is 10.6 Å². The number of anilines is 1. The molecule has 2 N–H and O–H groups in total. The Labute approximate surface area is 175 Å². The van der Waals surface area contributed by atoms with E-state index < -0.39 is 0 Å². The third-order valence-corrected chi connectivity index (χ3v) is 5.29. The molecule has 4 rings (SSSR count). The minimum Gasteiger partial charge on any atom is -0.374 e. The van der Waals surface area contributed by atoms with Crippen LogP contribution in [0, 0.1) is 0 Å². The van der Waals surface area contributed by atoms with Crippen LogP contribution in [-0.4, -0.2) is 43.3 Å². The minimum atomic E-state index is -0.248. The number of benzene rings is 3. The number of nitrogens with one attached hydrogen (secondary N) is 2. The van der Waals surface area contributed by atoms with E-state index in [1.165, 1.54) is 16.3 Å². The molecule has 0 saturated carbocycles. The van der Waals surface area contributed by atoms with Gasteiger partial charge in [-0.05, 0) is 46.7 Å². The third kappa shape index (κ3) is 5.48. The Morgan fingerprint density at radius 2 is 1.86 bits per heavy atom. The summed E-state index contributed by atoms with van der Waals surface area (Å²) in [6.45, 7) is 3.68. The molecule has 3 aromatic rings. The lowest BCUT2D eigenvalue weighted by molar-refractivity contribution is -0.0285. The maximum Gasteiger partial charge on any atom is 0.319 e. The molecule has 2 amide bonds. The van der Waals surface area contributed by atoms with Gasteiger partial charge in [0, 0.05) is 36.9 Å². The van der Waals surface area contributed by atoms with Crippen molar-refractivity contribution in [3.63, 3.8) is 0 Å². The van der Waals surface area contributed by atoms with E-state index in [9.17, 15) is 4.79 Å². The third-order valence-electron chi connectivity index (χ3n) is 5.04. The zero-order valence-corrected chi connectivity index (χ0v) is 16.9. The number of morpholine rings is 1. The van der Waals surface area contributed by atoms with E-state index in [0.29, 0.717) is 23.9 Å². The van der Waals surface area contributed by atoms with Crippen molar-refractivity contribution in [1.82, 2.24) is 10.2 Å². The topological polar surface area (TPSA) is 53.6 Å². The molecule has 0 spiro atoms. The summed E-state index contributed by atoms with van der Waals surface area (Å²) >= 11 is 5.86. The molecule has 1 heterocycles. The Hall–Kier alpha value is -2.60. The first-order chi connectivity index (χ1) is 14.2. The fourth-order valence-corrected chi connectivity index (χ4v) is 3.68. The van der Waals surface area contributed by atoms with Crippen LogP contribution in [0.25, 0.3) is 10.8 Å². The molecular formula is C23H24ClN3O2. The molecule has 29 heavy (non-hydrogen) atoms. The summed E-state index contributed by atoms with van der Waals surface area (Å²) in [5.74, 6) is 0. The van der Waals surface area contributed by atoms with Gasteiger partial charge in [-0.3, -0.25) is 4.90 Å². The lowest BCUT2D eigenvalue weighted by Crippen LogP contribution is -2.47. The molecule has 1 fully saturated rings. The second kappa shape index (κ2) is 9.27. The van der Waals surface area contributed by atoms with Crippen LogP contribution in [0.3, 0.4) is 0 Å². The number of carbonyl (C=O) groups is 1. The summed E-state index contributed by atoms with van der Waals surface area (Å²) in [6, 6.07) is 21.8. The number of nitrogens with zero attached hydrogens (tertiary/aromatic N) is 1. The highest BCUT2D eigenvalue weighted by molar-refractivity contribution is 6.30. The predicted octanol–water partition coefficient (Wildman–Crippen LogP) is 4.52. The largest absolute Gasteiger partial charge is 0.374 e. The smallest absolute Gasteiger partial charge is 0.319 e. The van der Waals surface area contributed by atoms with Crippen LogP contribution in [0.5, 0.6) is 0 Å². The molecule has 0 bridgehead atoms. The van der Waals surface area contributed by atoms with Gasteiger partial charge in [0.2, 0.25) is 0 Å². The number of carbonyl (C=O) groups excluding carboxylic acids is 1. The fraction of sp³-hybridized carbons (Fsp3) is 0.261. The summed E-state index contributed by atoms with van der Waals surface area (Å²) in [7, 11) is 0. The molecule has 1 aliphatic heterocycles. The van der Waals surface area contributed by atoms with Crippen molar-refractivity contribution in [3.05, 3.63) is 77.3 Å². The quantitative estimate of drug-likeness (QED) is 0.651. The fourth-order valence-electron chi connectivity index (χ4n) is 3.56.